The number of aryl methyl sites for hydroxylation is 2. The molecular formula is C23H22N6O. The lowest BCUT2D eigenvalue weighted by Gasteiger charge is -2.11. The Kier molecular flexibility index (Phi) is 4.85. The summed E-state index contributed by atoms with van der Waals surface area (Å²) in [7, 11) is 0. The molecule has 7 nitrogen and oxygen atoms in total. The molecule has 1 aliphatic heterocycles. The van der Waals surface area contributed by atoms with Crippen LogP contribution in [0.3, 0.4) is 0 Å². The minimum Gasteiger partial charge on any atom is -0.334 e. The Morgan fingerprint density at radius 3 is 2.60 bits per heavy atom. The van der Waals surface area contributed by atoms with Gasteiger partial charge in [-0.1, -0.05) is 24.3 Å². The molecule has 3 heterocycles. The van der Waals surface area contributed by atoms with Gasteiger partial charge in [-0.3, -0.25) is 4.79 Å². The van der Waals surface area contributed by atoms with Gasteiger partial charge in [0.15, 0.2) is 0 Å². The van der Waals surface area contributed by atoms with Crippen LogP contribution < -0.4 is 5.32 Å². The molecule has 150 valence electrons. The Bertz CT molecular complexity index is 1120. The lowest BCUT2D eigenvalue weighted by atomic mass is 10.1. The van der Waals surface area contributed by atoms with Gasteiger partial charge in [0.1, 0.15) is 18.5 Å². The zero-order valence-electron chi connectivity index (χ0n) is 16.5. The number of benzene rings is 2. The number of amides is 1. The lowest BCUT2D eigenvalue weighted by molar-refractivity contribution is 0.102. The van der Waals surface area contributed by atoms with E-state index in [1.165, 1.54) is 25.0 Å². The van der Waals surface area contributed by atoms with Crippen molar-refractivity contribution in [2.45, 2.75) is 32.4 Å². The highest BCUT2D eigenvalue weighted by Crippen LogP contribution is 2.24. The predicted molar refractivity (Wildman–Crippen MR) is 114 cm³/mol. The van der Waals surface area contributed by atoms with E-state index < -0.39 is 0 Å². The predicted octanol–water partition coefficient (Wildman–Crippen LogP) is 3.78. The van der Waals surface area contributed by atoms with E-state index >= 15 is 0 Å². The van der Waals surface area contributed by atoms with Gasteiger partial charge in [-0.2, -0.15) is 5.10 Å². The van der Waals surface area contributed by atoms with E-state index in [2.05, 4.69) is 26.2 Å². The number of hydrogen-bond donors (Lipinski definition) is 1. The maximum Gasteiger partial charge on any atom is 0.255 e. The van der Waals surface area contributed by atoms with Crippen molar-refractivity contribution in [1.82, 2.24) is 24.3 Å². The maximum atomic E-state index is 12.6. The number of carbonyl (C=O) groups excluding carboxylic acids is 1. The van der Waals surface area contributed by atoms with Gasteiger partial charge in [-0.25, -0.2) is 14.6 Å². The Labute approximate surface area is 174 Å². The molecule has 1 amide bonds. The summed E-state index contributed by atoms with van der Waals surface area (Å²) >= 11 is 0. The van der Waals surface area contributed by atoms with Crippen LogP contribution >= 0.6 is 0 Å². The highest BCUT2D eigenvalue weighted by molar-refractivity contribution is 6.04. The highest BCUT2D eigenvalue weighted by Gasteiger charge is 2.13. The fraction of sp³-hybridized carbons (Fsp3) is 0.217. The molecule has 4 aromatic rings. The third kappa shape index (κ3) is 3.87. The summed E-state index contributed by atoms with van der Waals surface area (Å²) in [5.74, 6) is 1.04. The molecule has 0 fully saturated rings. The number of imidazole rings is 1. The Morgan fingerprint density at radius 2 is 1.87 bits per heavy atom. The van der Waals surface area contributed by atoms with Gasteiger partial charge < -0.3 is 9.88 Å². The average molecular weight is 398 g/mol. The topological polar surface area (TPSA) is 77.6 Å². The number of nitrogens with zero attached hydrogens (tertiary/aromatic N) is 5. The standard InChI is InChI=1S/C23H22N6O/c30-23(19-6-4-17(5-7-19)13-29-16-24-15-25-29)26-20-10-8-18(9-11-20)21-14-28-12-2-1-3-22(28)27-21/h4-11,14-16H,1-3,12-13H2,(H,26,30). The van der Waals surface area contributed by atoms with Gasteiger partial charge in [0, 0.05) is 36.0 Å². The van der Waals surface area contributed by atoms with Crippen molar-refractivity contribution in [2.24, 2.45) is 0 Å². The molecule has 0 aliphatic carbocycles. The van der Waals surface area contributed by atoms with Gasteiger partial charge in [0.2, 0.25) is 0 Å². The van der Waals surface area contributed by atoms with Crippen LogP contribution in [0.5, 0.6) is 0 Å². The molecule has 1 N–H and O–H groups in total. The summed E-state index contributed by atoms with van der Waals surface area (Å²) in [5, 5.41) is 7.05. The van der Waals surface area contributed by atoms with Crippen LogP contribution in [0.2, 0.25) is 0 Å². The molecule has 0 saturated heterocycles. The van der Waals surface area contributed by atoms with E-state index in [4.69, 9.17) is 4.98 Å². The Balaban J connectivity index is 1.24. The molecule has 7 heteroatoms. The summed E-state index contributed by atoms with van der Waals surface area (Å²) in [5.41, 5.74) is 4.49. The quantitative estimate of drug-likeness (QED) is 0.555. The summed E-state index contributed by atoms with van der Waals surface area (Å²) < 4.78 is 3.99. The lowest BCUT2D eigenvalue weighted by Crippen LogP contribution is -2.12. The maximum absolute atomic E-state index is 12.6. The number of fused-ring (bicyclic) bond motifs is 1. The molecule has 0 saturated carbocycles. The third-order valence-electron chi connectivity index (χ3n) is 5.37. The van der Waals surface area contributed by atoms with Crippen molar-refractivity contribution in [1.29, 1.82) is 0 Å². The van der Waals surface area contributed by atoms with E-state index in [1.807, 2.05) is 48.5 Å². The Morgan fingerprint density at radius 1 is 1.03 bits per heavy atom. The number of rotatable bonds is 5. The van der Waals surface area contributed by atoms with Crippen molar-refractivity contribution in [3.05, 3.63) is 84.3 Å². The molecule has 0 atom stereocenters. The van der Waals surface area contributed by atoms with Crippen LogP contribution in [-0.2, 0) is 19.5 Å². The van der Waals surface area contributed by atoms with Crippen molar-refractivity contribution < 1.29 is 4.79 Å². The number of carbonyl (C=O) groups is 1. The van der Waals surface area contributed by atoms with Crippen LogP contribution in [0.25, 0.3) is 11.3 Å². The number of hydrogen-bond acceptors (Lipinski definition) is 4. The third-order valence-corrected chi connectivity index (χ3v) is 5.37. The zero-order chi connectivity index (χ0) is 20.3. The van der Waals surface area contributed by atoms with Crippen LogP contribution in [0.15, 0.2) is 67.4 Å². The normalized spacial score (nSPS) is 13.1. The average Bonchev–Trinajstić information content (AvgIpc) is 3.44. The van der Waals surface area contributed by atoms with Crippen LogP contribution in [-0.4, -0.2) is 30.2 Å². The molecule has 2 aromatic heterocycles. The molecule has 30 heavy (non-hydrogen) atoms. The van der Waals surface area contributed by atoms with Crippen LogP contribution in [0, 0.1) is 0 Å². The monoisotopic (exact) mass is 398 g/mol. The molecule has 0 unspecified atom stereocenters. The van der Waals surface area contributed by atoms with E-state index in [0.717, 1.165) is 35.5 Å². The summed E-state index contributed by atoms with van der Waals surface area (Å²) in [6.07, 6.45) is 8.78. The van der Waals surface area contributed by atoms with Crippen LogP contribution in [0.1, 0.15) is 34.6 Å². The SMILES string of the molecule is O=C(Nc1ccc(-c2cn3c(n2)CCCC3)cc1)c1ccc(Cn2cncn2)cc1. The van der Waals surface area contributed by atoms with Crippen molar-refractivity contribution >= 4 is 11.6 Å². The molecule has 0 bridgehead atoms. The minimum atomic E-state index is -0.132. The fourth-order valence-corrected chi connectivity index (χ4v) is 3.74. The molecule has 1 aliphatic rings. The minimum absolute atomic E-state index is 0.132. The van der Waals surface area contributed by atoms with E-state index in [-0.39, 0.29) is 5.91 Å². The largest absolute Gasteiger partial charge is 0.334 e. The smallest absolute Gasteiger partial charge is 0.255 e. The van der Waals surface area contributed by atoms with Crippen molar-refractivity contribution in [2.75, 3.05) is 5.32 Å². The summed E-state index contributed by atoms with van der Waals surface area (Å²) in [6, 6.07) is 15.4. The highest BCUT2D eigenvalue weighted by atomic mass is 16.1. The molecule has 0 spiro atoms. The van der Waals surface area contributed by atoms with Crippen molar-refractivity contribution in [3.63, 3.8) is 0 Å². The molecule has 0 radical (unpaired) electrons. The van der Waals surface area contributed by atoms with Gasteiger partial charge in [0.05, 0.1) is 12.2 Å². The van der Waals surface area contributed by atoms with Gasteiger partial charge in [-0.05, 0) is 42.7 Å². The number of anilines is 1. The van der Waals surface area contributed by atoms with E-state index in [0.29, 0.717) is 12.1 Å². The number of aromatic nitrogens is 5. The van der Waals surface area contributed by atoms with Gasteiger partial charge in [0.25, 0.3) is 5.91 Å². The summed E-state index contributed by atoms with van der Waals surface area (Å²) in [4.78, 5) is 21.3. The van der Waals surface area contributed by atoms with E-state index in [1.54, 1.807) is 11.0 Å². The second kappa shape index (κ2) is 7.94. The molecule has 2 aromatic carbocycles. The van der Waals surface area contributed by atoms with Crippen molar-refractivity contribution in [3.8, 4) is 11.3 Å². The first-order valence-corrected chi connectivity index (χ1v) is 10.1. The first-order chi connectivity index (χ1) is 14.7. The number of nitrogens with one attached hydrogen (secondary N) is 1. The van der Waals surface area contributed by atoms with Crippen LogP contribution in [0.4, 0.5) is 5.69 Å². The molecule has 5 rings (SSSR count). The van der Waals surface area contributed by atoms with Gasteiger partial charge >= 0.3 is 0 Å². The van der Waals surface area contributed by atoms with E-state index in [9.17, 15) is 4.79 Å². The Hall–Kier alpha value is -3.74. The van der Waals surface area contributed by atoms with Gasteiger partial charge in [-0.15, -0.1) is 0 Å². The fourth-order valence-electron chi connectivity index (χ4n) is 3.74. The first-order valence-electron chi connectivity index (χ1n) is 10.1. The first kappa shape index (κ1) is 18.3. The second-order valence-corrected chi connectivity index (χ2v) is 7.51. The zero-order valence-corrected chi connectivity index (χ0v) is 16.5. The molecular weight excluding hydrogens is 376 g/mol. The summed E-state index contributed by atoms with van der Waals surface area (Å²) in [6.45, 7) is 1.68. The second-order valence-electron chi connectivity index (χ2n) is 7.51.